The van der Waals surface area contributed by atoms with Crippen LogP contribution in [0.3, 0.4) is 0 Å². The van der Waals surface area contributed by atoms with E-state index in [-0.39, 0.29) is 6.10 Å². The van der Waals surface area contributed by atoms with Crippen molar-refractivity contribution < 1.29 is 5.11 Å². The van der Waals surface area contributed by atoms with Crippen LogP contribution in [0.5, 0.6) is 0 Å². The average Bonchev–Trinajstić information content (AvgIpc) is 2.38. The maximum absolute atomic E-state index is 9.86. The fourth-order valence-electron chi connectivity index (χ4n) is 2.19. The lowest BCUT2D eigenvalue weighted by molar-refractivity contribution is 0.0321. The molecule has 0 saturated carbocycles. The zero-order valence-corrected chi connectivity index (χ0v) is 13.3. The maximum atomic E-state index is 9.86. The molecule has 1 aromatic carbocycles. The first-order valence-electron chi connectivity index (χ1n) is 6.54. The molecular formula is C14H19Cl2NOS. The van der Waals surface area contributed by atoms with Crippen molar-refractivity contribution in [2.45, 2.75) is 24.3 Å². The van der Waals surface area contributed by atoms with Crippen molar-refractivity contribution in [1.82, 2.24) is 4.90 Å². The van der Waals surface area contributed by atoms with Gasteiger partial charge in [-0.3, -0.25) is 4.90 Å². The highest BCUT2D eigenvalue weighted by Gasteiger charge is 2.23. The summed E-state index contributed by atoms with van der Waals surface area (Å²) in [7, 11) is 0. The largest absolute Gasteiger partial charge is 0.392 e. The average molecular weight is 320 g/mol. The van der Waals surface area contributed by atoms with Gasteiger partial charge in [-0.15, -0.1) is 11.8 Å². The van der Waals surface area contributed by atoms with Crippen LogP contribution in [0.4, 0.5) is 0 Å². The topological polar surface area (TPSA) is 23.5 Å². The number of halogens is 2. The minimum atomic E-state index is -0.187. The standard InChI is InChI=1S/C14H19Cl2NOS/c1-10-4-5-17(9-13(10)18)6-7-19-14-8-11(15)2-3-12(14)16/h2-3,8,10,13,18H,4-7,9H2,1H3. The molecule has 2 nitrogen and oxygen atoms in total. The van der Waals surface area contributed by atoms with Gasteiger partial charge in [-0.05, 0) is 37.1 Å². The van der Waals surface area contributed by atoms with Gasteiger partial charge in [-0.25, -0.2) is 0 Å². The number of benzene rings is 1. The molecule has 1 aliphatic rings. The number of nitrogens with zero attached hydrogens (tertiary/aromatic N) is 1. The Kier molecular flexibility index (Phi) is 5.85. The monoisotopic (exact) mass is 319 g/mol. The number of hydrogen-bond acceptors (Lipinski definition) is 3. The third kappa shape index (κ3) is 4.54. The lowest BCUT2D eigenvalue weighted by Crippen LogP contribution is -2.43. The Hall–Kier alpha value is 0.0700. The lowest BCUT2D eigenvalue weighted by Gasteiger charge is -2.34. The van der Waals surface area contributed by atoms with E-state index in [1.807, 2.05) is 12.1 Å². The molecule has 1 aliphatic heterocycles. The van der Waals surface area contributed by atoms with E-state index in [1.165, 1.54) is 0 Å². The molecule has 19 heavy (non-hydrogen) atoms. The fraction of sp³-hybridized carbons (Fsp3) is 0.571. The lowest BCUT2D eigenvalue weighted by atomic mass is 9.96. The molecule has 0 amide bonds. The molecule has 0 aromatic heterocycles. The SMILES string of the molecule is CC1CCN(CCSc2cc(Cl)ccc2Cl)CC1O. The molecule has 1 aromatic rings. The van der Waals surface area contributed by atoms with E-state index in [4.69, 9.17) is 23.2 Å². The molecule has 1 saturated heterocycles. The third-order valence-corrected chi connectivity index (χ3v) is 5.27. The normalized spacial score (nSPS) is 24.6. The van der Waals surface area contributed by atoms with Gasteiger partial charge in [0.1, 0.15) is 0 Å². The summed E-state index contributed by atoms with van der Waals surface area (Å²) < 4.78 is 0. The number of piperidine rings is 1. The first-order valence-corrected chi connectivity index (χ1v) is 8.28. The first-order chi connectivity index (χ1) is 9.06. The highest BCUT2D eigenvalue weighted by Crippen LogP contribution is 2.30. The summed E-state index contributed by atoms with van der Waals surface area (Å²) in [6, 6.07) is 5.54. The molecule has 0 bridgehead atoms. The van der Waals surface area contributed by atoms with Crippen LogP contribution in [0.25, 0.3) is 0 Å². The molecule has 5 heteroatoms. The molecule has 1 N–H and O–H groups in total. The van der Waals surface area contributed by atoms with Gasteiger partial charge in [-0.1, -0.05) is 30.1 Å². The van der Waals surface area contributed by atoms with Crippen molar-refractivity contribution in [3.8, 4) is 0 Å². The molecule has 106 valence electrons. The van der Waals surface area contributed by atoms with Crippen LogP contribution in [0.1, 0.15) is 13.3 Å². The van der Waals surface area contributed by atoms with E-state index < -0.39 is 0 Å². The van der Waals surface area contributed by atoms with E-state index in [0.717, 1.165) is 41.7 Å². The molecule has 0 aliphatic carbocycles. The summed E-state index contributed by atoms with van der Waals surface area (Å²) in [5.41, 5.74) is 0. The smallest absolute Gasteiger partial charge is 0.0693 e. The van der Waals surface area contributed by atoms with Crippen molar-refractivity contribution in [3.05, 3.63) is 28.2 Å². The number of β-amino-alcohol motifs (C(OH)–C–C–N with tert-alkyl or cyclic N) is 1. The number of thioether (sulfide) groups is 1. The van der Waals surface area contributed by atoms with Crippen LogP contribution < -0.4 is 0 Å². The van der Waals surface area contributed by atoms with Crippen molar-refractivity contribution in [3.63, 3.8) is 0 Å². The summed E-state index contributed by atoms with van der Waals surface area (Å²) in [5.74, 6) is 1.38. The van der Waals surface area contributed by atoms with Crippen LogP contribution in [-0.2, 0) is 0 Å². The quantitative estimate of drug-likeness (QED) is 0.854. The van der Waals surface area contributed by atoms with Gasteiger partial charge in [0.05, 0.1) is 11.1 Å². The second-order valence-electron chi connectivity index (χ2n) is 5.06. The highest BCUT2D eigenvalue weighted by molar-refractivity contribution is 7.99. The number of aliphatic hydroxyl groups is 1. The third-order valence-electron chi connectivity index (χ3n) is 3.56. The predicted octanol–water partition coefficient (Wildman–Crippen LogP) is 3.79. The van der Waals surface area contributed by atoms with E-state index in [2.05, 4.69) is 11.8 Å². The summed E-state index contributed by atoms with van der Waals surface area (Å²) >= 11 is 13.8. The molecule has 0 radical (unpaired) electrons. The van der Waals surface area contributed by atoms with Gasteiger partial charge < -0.3 is 5.11 Å². The van der Waals surface area contributed by atoms with Gasteiger partial charge in [0, 0.05) is 28.8 Å². The molecular weight excluding hydrogens is 301 g/mol. The predicted molar refractivity (Wildman–Crippen MR) is 83.4 cm³/mol. The van der Waals surface area contributed by atoms with Gasteiger partial charge in [0.2, 0.25) is 0 Å². The summed E-state index contributed by atoms with van der Waals surface area (Å²) in [6.45, 7) is 4.94. The van der Waals surface area contributed by atoms with Gasteiger partial charge in [0.25, 0.3) is 0 Å². The molecule has 2 atom stereocenters. The fourth-order valence-corrected chi connectivity index (χ4v) is 3.69. The minimum Gasteiger partial charge on any atom is -0.392 e. The Morgan fingerprint density at radius 3 is 2.95 bits per heavy atom. The maximum Gasteiger partial charge on any atom is 0.0693 e. The van der Waals surface area contributed by atoms with E-state index >= 15 is 0 Å². The Morgan fingerprint density at radius 1 is 1.42 bits per heavy atom. The number of hydrogen-bond donors (Lipinski definition) is 1. The zero-order chi connectivity index (χ0) is 13.8. The summed E-state index contributed by atoms with van der Waals surface area (Å²) in [4.78, 5) is 3.34. The Labute approximate surface area is 129 Å². The van der Waals surface area contributed by atoms with Gasteiger partial charge >= 0.3 is 0 Å². The second-order valence-corrected chi connectivity index (χ2v) is 7.04. The van der Waals surface area contributed by atoms with Crippen molar-refractivity contribution in [1.29, 1.82) is 0 Å². The summed E-state index contributed by atoms with van der Waals surface area (Å²) in [6.07, 6.45) is 0.887. The number of rotatable bonds is 4. The molecule has 2 unspecified atom stereocenters. The number of likely N-dealkylation sites (tertiary alicyclic amines) is 1. The first kappa shape index (κ1) is 15.5. The van der Waals surface area contributed by atoms with Crippen molar-refractivity contribution >= 4 is 35.0 Å². The van der Waals surface area contributed by atoms with Crippen LogP contribution in [0.2, 0.25) is 10.0 Å². The highest BCUT2D eigenvalue weighted by atomic mass is 35.5. The van der Waals surface area contributed by atoms with Crippen molar-refractivity contribution in [2.75, 3.05) is 25.4 Å². The Morgan fingerprint density at radius 2 is 2.21 bits per heavy atom. The van der Waals surface area contributed by atoms with Crippen LogP contribution in [0.15, 0.2) is 23.1 Å². The van der Waals surface area contributed by atoms with Gasteiger partial charge in [0.15, 0.2) is 0 Å². The van der Waals surface area contributed by atoms with E-state index in [9.17, 15) is 5.11 Å². The van der Waals surface area contributed by atoms with E-state index in [0.29, 0.717) is 10.9 Å². The zero-order valence-electron chi connectivity index (χ0n) is 11.0. The van der Waals surface area contributed by atoms with Crippen LogP contribution in [0, 0.1) is 5.92 Å². The number of aliphatic hydroxyl groups excluding tert-OH is 1. The van der Waals surface area contributed by atoms with Crippen molar-refractivity contribution in [2.24, 2.45) is 5.92 Å². The molecule has 0 spiro atoms. The minimum absolute atomic E-state index is 0.187. The van der Waals surface area contributed by atoms with Crippen LogP contribution >= 0.6 is 35.0 Å². The molecule has 1 fully saturated rings. The summed E-state index contributed by atoms with van der Waals surface area (Å²) in [5, 5.41) is 11.3. The Balaban J connectivity index is 1.79. The van der Waals surface area contributed by atoms with Crippen LogP contribution in [-0.4, -0.2) is 41.5 Å². The van der Waals surface area contributed by atoms with Gasteiger partial charge in [-0.2, -0.15) is 0 Å². The second kappa shape index (κ2) is 7.19. The van der Waals surface area contributed by atoms with E-state index in [1.54, 1.807) is 17.8 Å². The molecule has 2 rings (SSSR count). The molecule has 1 heterocycles. The Bertz CT molecular complexity index is 430.